The number of benzene rings is 1. The van der Waals surface area contributed by atoms with Gasteiger partial charge in [0.2, 0.25) is 0 Å². The van der Waals surface area contributed by atoms with E-state index in [9.17, 15) is 4.39 Å². The molecule has 0 bridgehead atoms. The van der Waals surface area contributed by atoms with Gasteiger partial charge in [0.1, 0.15) is 5.82 Å². The van der Waals surface area contributed by atoms with Crippen molar-refractivity contribution in [2.24, 2.45) is 17.8 Å². The fourth-order valence-corrected chi connectivity index (χ4v) is 5.80. The molecule has 0 radical (unpaired) electrons. The molecular formula is C29H40FN. The molecule has 1 aromatic carbocycles. The van der Waals surface area contributed by atoms with Gasteiger partial charge in [-0.15, -0.1) is 0 Å². The average Bonchev–Trinajstić information content (AvgIpc) is 2.81. The zero-order valence-corrected chi connectivity index (χ0v) is 19.2. The molecule has 0 atom stereocenters. The van der Waals surface area contributed by atoms with E-state index in [2.05, 4.69) is 6.08 Å². The van der Waals surface area contributed by atoms with Crippen molar-refractivity contribution in [3.8, 4) is 6.07 Å². The van der Waals surface area contributed by atoms with Gasteiger partial charge in [0.25, 0.3) is 0 Å². The van der Waals surface area contributed by atoms with E-state index in [4.69, 9.17) is 5.26 Å². The molecule has 31 heavy (non-hydrogen) atoms. The number of halogens is 1. The third-order valence-corrected chi connectivity index (χ3v) is 7.79. The van der Waals surface area contributed by atoms with Crippen LogP contribution >= 0.6 is 0 Å². The van der Waals surface area contributed by atoms with E-state index in [1.165, 1.54) is 95.1 Å². The van der Waals surface area contributed by atoms with Crippen LogP contribution in [0.2, 0.25) is 0 Å². The smallest absolute Gasteiger partial charge is 0.123 e. The lowest BCUT2D eigenvalue weighted by atomic mass is 9.76. The molecule has 2 aliphatic carbocycles. The lowest BCUT2D eigenvalue weighted by molar-refractivity contribution is 0.244. The number of hydrogen-bond donors (Lipinski definition) is 0. The highest BCUT2D eigenvalue weighted by molar-refractivity contribution is 5.20. The zero-order valence-electron chi connectivity index (χ0n) is 19.2. The molecule has 3 rings (SSSR count). The summed E-state index contributed by atoms with van der Waals surface area (Å²) < 4.78 is 13.1. The fraction of sp³-hybridized carbons (Fsp3) is 0.621. The predicted molar refractivity (Wildman–Crippen MR) is 128 cm³/mol. The molecule has 2 aliphatic rings. The Morgan fingerprint density at radius 3 is 1.90 bits per heavy atom. The molecule has 0 saturated heterocycles. The molecule has 0 unspecified atom stereocenters. The van der Waals surface area contributed by atoms with Crippen LogP contribution in [0.25, 0.3) is 0 Å². The second-order valence-electron chi connectivity index (χ2n) is 9.93. The van der Waals surface area contributed by atoms with Crippen LogP contribution in [0.15, 0.2) is 48.6 Å². The van der Waals surface area contributed by atoms with Crippen molar-refractivity contribution in [2.75, 3.05) is 0 Å². The van der Waals surface area contributed by atoms with E-state index >= 15 is 0 Å². The maximum Gasteiger partial charge on any atom is 0.123 e. The summed E-state index contributed by atoms with van der Waals surface area (Å²) in [5.41, 5.74) is 1.34. The first-order valence-corrected chi connectivity index (χ1v) is 12.7. The number of unbranched alkanes of at least 4 members (excludes halogenated alkanes) is 1. The van der Waals surface area contributed by atoms with E-state index in [1.807, 2.05) is 30.4 Å². The standard InChI is InChI=1S/C29H40FN/c30-29-21-19-28(20-22-29)27-17-15-26(16-18-27)10-6-5-9-25-13-11-24(12-14-25)8-4-2-1-3-7-23-31/h1-3,7,19-22,24-27H,4-6,8-18H2/t24-,25-,26-,27-. The van der Waals surface area contributed by atoms with E-state index in [0.29, 0.717) is 5.92 Å². The van der Waals surface area contributed by atoms with Crippen molar-refractivity contribution in [3.63, 3.8) is 0 Å². The minimum Gasteiger partial charge on any atom is -0.207 e. The van der Waals surface area contributed by atoms with Gasteiger partial charge in [-0.05, 0) is 79.9 Å². The molecule has 1 nitrogen and oxygen atoms in total. The van der Waals surface area contributed by atoms with Crippen molar-refractivity contribution in [1.82, 2.24) is 0 Å². The summed E-state index contributed by atoms with van der Waals surface area (Å²) in [6.07, 6.45) is 26.7. The molecule has 0 aliphatic heterocycles. The maximum atomic E-state index is 13.1. The van der Waals surface area contributed by atoms with Crippen LogP contribution in [-0.4, -0.2) is 0 Å². The van der Waals surface area contributed by atoms with Gasteiger partial charge in [-0.3, -0.25) is 0 Å². The molecule has 0 N–H and O–H groups in total. The zero-order chi connectivity index (χ0) is 21.7. The molecule has 2 fully saturated rings. The molecule has 168 valence electrons. The van der Waals surface area contributed by atoms with Gasteiger partial charge in [-0.25, -0.2) is 4.39 Å². The van der Waals surface area contributed by atoms with Crippen molar-refractivity contribution in [1.29, 1.82) is 5.26 Å². The topological polar surface area (TPSA) is 23.8 Å². The summed E-state index contributed by atoms with van der Waals surface area (Å²) in [5, 5.41) is 8.47. The lowest BCUT2D eigenvalue weighted by Gasteiger charge is -2.30. The van der Waals surface area contributed by atoms with E-state index in [-0.39, 0.29) is 5.82 Å². The van der Waals surface area contributed by atoms with Crippen molar-refractivity contribution >= 4 is 0 Å². The summed E-state index contributed by atoms with van der Waals surface area (Å²) in [4.78, 5) is 0. The first kappa shape index (κ1) is 23.8. The van der Waals surface area contributed by atoms with Crippen molar-refractivity contribution in [2.45, 2.75) is 95.8 Å². The Kier molecular flexibility index (Phi) is 10.4. The highest BCUT2D eigenvalue weighted by Gasteiger charge is 2.23. The molecule has 0 aromatic heterocycles. The largest absolute Gasteiger partial charge is 0.207 e. The summed E-state index contributed by atoms with van der Waals surface area (Å²) in [6, 6.07) is 9.22. The Morgan fingerprint density at radius 2 is 1.32 bits per heavy atom. The monoisotopic (exact) mass is 421 g/mol. The quantitative estimate of drug-likeness (QED) is 0.210. The second-order valence-corrected chi connectivity index (χ2v) is 9.93. The molecule has 1 aromatic rings. The maximum absolute atomic E-state index is 13.1. The Bertz CT molecular complexity index is 710. The predicted octanol–water partition coefficient (Wildman–Crippen LogP) is 8.88. The molecule has 0 heterocycles. The minimum atomic E-state index is -0.121. The molecule has 2 heteroatoms. The Morgan fingerprint density at radius 1 is 0.774 bits per heavy atom. The van der Waals surface area contributed by atoms with Gasteiger partial charge in [-0.1, -0.05) is 81.7 Å². The molecular weight excluding hydrogens is 381 g/mol. The summed E-state index contributed by atoms with van der Waals surface area (Å²) in [6.45, 7) is 0. The first-order chi connectivity index (χ1) is 15.2. The summed E-state index contributed by atoms with van der Waals surface area (Å²) in [7, 11) is 0. The molecule has 0 amide bonds. The number of nitrogens with zero attached hydrogens (tertiary/aromatic N) is 1. The highest BCUT2D eigenvalue weighted by atomic mass is 19.1. The second kappa shape index (κ2) is 13.5. The fourth-order valence-electron chi connectivity index (χ4n) is 5.80. The van der Waals surface area contributed by atoms with Crippen molar-refractivity contribution in [3.05, 3.63) is 60.0 Å². The third-order valence-electron chi connectivity index (χ3n) is 7.79. The van der Waals surface area contributed by atoms with E-state index < -0.39 is 0 Å². The molecule has 0 spiro atoms. The highest BCUT2D eigenvalue weighted by Crippen LogP contribution is 2.38. The van der Waals surface area contributed by atoms with E-state index in [0.717, 1.165) is 24.2 Å². The third kappa shape index (κ3) is 8.64. The van der Waals surface area contributed by atoms with Gasteiger partial charge < -0.3 is 0 Å². The number of hydrogen-bond acceptors (Lipinski definition) is 1. The normalized spacial score (nSPS) is 27.0. The van der Waals surface area contributed by atoms with Crippen LogP contribution in [0, 0.1) is 34.9 Å². The number of nitriles is 1. The van der Waals surface area contributed by atoms with Crippen molar-refractivity contribution < 1.29 is 4.39 Å². The minimum absolute atomic E-state index is 0.121. The first-order valence-electron chi connectivity index (χ1n) is 12.7. The van der Waals surface area contributed by atoms with Gasteiger partial charge >= 0.3 is 0 Å². The summed E-state index contributed by atoms with van der Waals surface area (Å²) >= 11 is 0. The SMILES string of the molecule is N#CC=CC=CCC[C@H]1CC[C@H](CCCC[C@H]2CC[C@H](c3ccc(F)cc3)CC2)CC1. The number of allylic oxidation sites excluding steroid dienone is 4. The van der Waals surface area contributed by atoms with Gasteiger partial charge in [0.15, 0.2) is 0 Å². The van der Waals surface area contributed by atoms with Crippen LogP contribution in [0.5, 0.6) is 0 Å². The Labute approximate surface area is 189 Å². The van der Waals surface area contributed by atoms with Crippen LogP contribution in [0.3, 0.4) is 0 Å². The van der Waals surface area contributed by atoms with Gasteiger partial charge in [0.05, 0.1) is 6.07 Å². The molecule has 2 saturated carbocycles. The average molecular weight is 422 g/mol. The van der Waals surface area contributed by atoms with Gasteiger partial charge in [-0.2, -0.15) is 5.26 Å². The Hall–Kier alpha value is -1.88. The van der Waals surface area contributed by atoms with Crippen LogP contribution < -0.4 is 0 Å². The van der Waals surface area contributed by atoms with Gasteiger partial charge in [0, 0.05) is 6.08 Å². The van der Waals surface area contributed by atoms with Crippen LogP contribution in [0.1, 0.15) is 101 Å². The lowest BCUT2D eigenvalue weighted by Crippen LogP contribution is -2.15. The van der Waals surface area contributed by atoms with E-state index in [1.54, 1.807) is 12.1 Å². The van der Waals surface area contributed by atoms with Crippen LogP contribution in [-0.2, 0) is 0 Å². The van der Waals surface area contributed by atoms with Crippen LogP contribution in [0.4, 0.5) is 4.39 Å². The summed E-state index contributed by atoms with van der Waals surface area (Å²) in [5.74, 6) is 3.33. The number of rotatable bonds is 10. The Balaban J connectivity index is 1.21.